The number of carbonyl (C=O) groups excluding carboxylic acids is 3. The van der Waals surface area contributed by atoms with Gasteiger partial charge in [-0.2, -0.15) is 0 Å². The average Bonchev–Trinajstić information content (AvgIpc) is 3.23. The summed E-state index contributed by atoms with van der Waals surface area (Å²) in [6, 6.07) is 11.3. The standard InChI is InChI=1S/C19H12Cl2N4O3S/c20-10-5-6-13(14(21)9-10)16(26)22-19-24-23-15(29-19)7-8-25-17(27)11-3-1-2-4-12(11)18(25)28/h1-6,9H,7-8H2,(H,22,24,26). The van der Waals surface area contributed by atoms with Crippen LogP contribution in [0.25, 0.3) is 0 Å². The summed E-state index contributed by atoms with van der Waals surface area (Å²) in [5, 5.41) is 12.1. The van der Waals surface area contributed by atoms with Gasteiger partial charge >= 0.3 is 0 Å². The second-order valence-corrected chi connectivity index (χ2v) is 8.04. The first-order chi connectivity index (χ1) is 13.9. The van der Waals surface area contributed by atoms with Crippen molar-refractivity contribution in [3.63, 3.8) is 0 Å². The van der Waals surface area contributed by atoms with E-state index in [1.54, 1.807) is 30.3 Å². The molecule has 1 N–H and O–H groups in total. The number of fused-ring (bicyclic) bond motifs is 1. The summed E-state index contributed by atoms with van der Waals surface area (Å²) in [5.74, 6) is -1.07. The van der Waals surface area contributed by atoms with Crippen molar-refractivity contribution in [2.45, 2.75) is 6.42 Å². The first kappa shape index (κ1) is 19.5. The number of nitrogens with one attached hydrogen (secondary N) is 1. The van der Waals surface area contributed by atoms with Crippen LogP contribution in [0.1, 0.15) is 36.1 Å². The number of amides is 3. The van der Waals surface area contributed by atoms with Crippen molar-refractivity contribution in [1.82, 2.24) is 15.1 Å². The van der Waals surface area contributed by atoms with Gasteiger partial charge in [-0.25, -0.2) is 0 Å². The number of benzene rings is 2. The predicted octanol–water partition coefficient (Wildman–Crippen LogP) is 3.94. The van der Waals surface area contributed by atoms with Gasteiger partial charge in [-0.05, 0) is 30.3 Å². The minimum absolute atomic E-state index is 0.179. The Morgan fingerprint density at radius 2 is 1.72 bits per heavy atom. The quantitative estimate of drug-likeness (QED) is 0.599. The summed E-state index contributed by atoms with van der Waals surface area (Å²) in [6.07, 6.45) is 0.334. The van der Waals surface area contributed by atoms with Crippen LogP contribution < -0.4 is 5.32 Å². The number of aromatic nitrogens is 2. The van der Waals surface area contributed by atoms with Crippen molar-refractivity contribution >= 4 is 57.4 Å². The molecule has 4 rings (SSSR count). The Balaban J connectivity index is 1.40. The highest BCUT2D eigenvalue weighted by Gasteiger charge is 2.34. The Bertz CT molecular complexity index is 1110. The van der Waals surface area contributed by atoms with Crippen molar-refractivity contribution in [3.05, 3.63) is 74.2 Å². The fraction of sp³-hybridized carbons (Fsp3) is 0.105. The van der Waals surface area contributed by atoms with E-state index in [9.17, 15) is 14.4 Å². The van der Waals surface area contributed by atoms with Gasteiger partial charge < -0.3 is 0 Å². The number of anilines is 1. The molecule has 1 aliphatic rings. The first-order valence-corrected chi connectivity index (χ1v) is 10.1. The second-order valence-electron chi connectivity index (χ2n) is 6.14. The average molecular weight is 447 g/mol. The van der Waals surface area contributed by atoms with Gasteiger partial charge in [0.25, 0.3) is 17.7 Å². The molecule has 146 valence electrons. The van der Waals surface area contributed by atoms with E-state index in [1.807, 2.05) is 0 Å². The van der Waals surface area contributed by atoms with Crippen LogP contribution >= 0.6 is 34.5 Å². The number of imide groups is 1. The third-order valence-electron chi connectivity index (χ3n) is 4.29. The number of hydrogen-bond donors (Lipinski definition) is 1. The summed E-state index contributed by atoms with van der Waals surface area (Å²) in [7, 11) is 0. The lowest BCUT2D eigenvalue weighted by atomic mass is 10.1. The molecule has 0 fully saturated rings. The maximum Gasteiger partial charge on any atom is 0.261 e. The summed E-state index contributed by atoms with van der Waals surface area (Å²) in [4.78, 5) is 38.3. The fourth-order valence-corrected chi connectivity index (χ4v) is 4.11. The van der Waals surface area contributed by atoms with Crippen LogP contribution in [-0.2, 0) is 6.42 Å². The molecule has 1 aromatic heterocycles. The molecular formula is C19H12Cl2N4O3S. The Morgan fingerprint density at radius 3 is 2.38 bits per heavy atom. The van der Waals surface area contributed by atoms with Gasteiger partial charge in [0.05, 0.1) is 21.7 Å². The third-order valence-corrected chi connectivity index (χ3v) is 5.74. The zero-order valence-corrected chi connectivity index (χ0v) is 17.0. The third kappa shape index (κ3) is 3.87. The van der Waals surface area contributed by atoms with E-state index in [0.717, 1.165) is 11.3 Å². The molecule has 0 unspecified atom stereocenters. The summed E-state index contributed by atoms with van der Waals surface area (Å²) in [5.41, 5.74) is 1.07. The summed E-state index contributed by atoms with van der Waals surface area (Å²) in [6.45, 7) is 0.179. The molecule has 0 radical (unpaired) electrons. The van der Waals surface area contributed by atoms with Crippen molar-refractivity contribution in [1.29, 1.82) is 0 Å². The van der Waals surface area contributed by atoms with E-state index >= 15 is 0 Å². The monoisotopic (exact) mass is 446 g/mol. The molecule has 0 saturated heterocycles. The lowest BCUT2D eigenvalue weighted by Crippen LogP contribution is -2.31. The predicted molar refractivity (Wildman–Crippen MR) is 110 cm³/mol. The van der Waals surface area contributed by atoms with E-state index in [-0.39, 0.29) is 28.9 Å². The Labute approximate surface area is 179 Å². The first-order valence-electron chi connectivity index (χ1n) is 8.48. The molecule has 0 spiro atoms. The number of rotatable bonds is 5. The molecule has 0 aliphatic carbocycles. The van der Waals surface area contributed by atoms with Gasteiger partial charge in [-0.1, -0.05) is 46.7 Å². The Hall–Kier alpha value is -2.81. The number of nitrogens with zero attached hydrogens (tertiary/aromatic N) is 3. The molecule has 3 amide bonds. The highest BCUT2D eigenvalue weighted by Crippen LogP contribution is 2.25. The van der Waals surface area contributed by atoms with Gasteiger partial charge in [0.2, 0.25) is 5.13 Å². The molecule has 2 heterocycles. The normalized spacial score (nSPS) is 13.0. The van der Waals surface area contributed by atoms with E-state index in [4.69, 9.17) is 23.2 Å². The molecule has 1 aliphatic heterocycles. The zero-order chi connectivity index (χ0) is 20.5. The second kappa shape index (κ2) is 7.90. The van der Waals surface area contributed by atoms with Gasteiger partial charge in [0.1, 0.15) is 5.01 Å². The molecule has 29 heavy (non-hydrogen) atoms. The largest absolute Gasteiger partial charge is 0.296 e. The van der Waals surface area contributed by atoms with Gasteiger partial charge in [-0.15, -0.1) is 10.2 Å². The molecule has 7 nitrogen and oxygen atoms in total. The van der Waals surface area contributed by atoms with Crippen LogP contribution in [0.4, 0.5) is 5.13 Å². The van der Waals surface area contributed by atoms with E-state index in [1.165, 1.54) is 17.0 Å². The molecule has 0 saturated carbocycles. The van der Waals surface area contributed by atoms with Crippen molar-refractivity contribution in [3.8, 4) is 0 Å². The highest BCUT2D eigenvalue weighted by atomic mass is 35.5. The van der Waals surface area contributed by atoms with Crippen molar-refractivity contribution < 1.29 is 14.4 Å². The maximum atomic E-state index is 12.4. The van der Waals surface area contributed by atoms with Crippen LogP contribution in [0.5, 0.6) is 0 Å². The number of carbonyl (C=O) groups is 3. The van der Waals surface area contributed by atoms with Gasteiger partial charge in [0.15, 0.2) is 0 Å². The smallest absolute Gasteiger partial charge is 0.261 e. The Morgan fingerprint density at radius 1 is 1.03 bits per heavy atom. The Kier molecular flexibility index (Phi) is 5.31. The van der Waals surface area contributed by atoms with E-state index in [0.29, 0.717) is 32.7 Å². The maximum absolute atomic E-state index is 12.4. The minimum atomic E-state index is -0.435. The fourth-order valence-electron chi connectivity index (χ4n) is 2.89. The minimum Gasteiger partial charge on any atom is -0.296 e. The van der Waals surface area contributed by atoms with Gasteiger partial charge in [0, 0.05) is 18.0 Å². The number of halogens is 2. The topological polar surface area (TPSA) is 92.3 Å². The highest BCUT2D eigenvalue weighted by molar-refractivity contribution is 7.15. The molecule has 2 aromatic carbocycles. The van der Waals surface area contributed by atoms with Gasteiger partial charge in [-0.3, -0.25) is 24.6 Å². The van der Waals surface area contributed by atoms with Crippen LogP contribution in [-0.4, -0.2) is 39.4 Å². The molecular weight excluding hydrogens is 435 g/mol. The lowest BCUT2D eigenvalue weighted by Gasteiger charge is -2.12. The van der Waals surface area contributed by atoms with Crippen LogP contribution in [0, 0.1) is 0 Å². The molecule has 10 heteroatoms. The summed E-state index contributed by atoms with van der Waals surface area (Å²) >= 11 is 13.0. The van der Waals surface area contributed by atoms with Crippen LogP contribution in [0.15, 0.2) is 42.5 Å². The van der Waals surface area contributed by atoms with Crippen LogP contribution in [0.2, 0.25) is 10.0 Å². The lowest BCUT2D eigenvalue weighted by molar-refractivity contribution is 0.0655. The number of hydrogen-bond acceptors (Lipinski definition) is 6. The molecule has 0 bridgehead atoms. The van der Waals surface area contributed by atoms with Crippen molar-refractivity contribution in [2.75, 3.05) is 11.9 Å². The van der Waals surface area contributed by atoms with Crippen molar-refractivity contribution in [2.24, 2.45) is 0 Å². The molecule has 0 atom stereocenters. The van der Waals surface area contributed by atoms with Crippen LogP contribution in [0.3, 0.4) is 0 Å². The molecule has 3 aromatic rings. The van der Waals surface area contributed by atoms with E-state index in [2.05, 4.69) is 15.5 Å². The SMILES string of the molecule is O=C(Nc1nnc(CCN2C(=O)c3ccccc3C2=O)s1)c1ccc(Cl)cc1Cl. The van der Waals surface area contributed by atoms with E-state index < -0.39 is 5.91 Å². The summed E-state index contributed by atoms with van der Waals surface area (Å²) < 4.78 is 0. The zero-order valence-electron chi connectivity index (χ0n) is 14.7.